The van der Waals surface area contributed by atoms with Gasteiger partial charge in [0.25, 0.3) is 0 Å². The third kappa shape index (κ3) is 5.50. The Morgan fingerprint density at radius 3 is 2.94 bits per heavy atom. The largest absolute Gasteiger partial charge is 0.313 e. The van der Waals surface area contributed by atoms with Crippen LogP contribution in [0.3, 0.4) is 0 Å². The first-order valence-electron chi connectivity index (χ1n) is 7.12. The molecule has 0 spiro atoms. The van der Waals surface area contributed by atoms with Crippen LogP contribution in [-0.4, -0.2) is 16.3 Å². The van der Waals surface area contributed by atoms with Gasteiger partial charge in [-0.25, -0.2) is 0 Å². The van der Waals surface area contributed by atoms with Gasteiger partial charge in [0.05, 0.1) is 5.69 Å². The highest BCUT2D eigenvalue weighted by Crippen LogP contribution is 2.08. The van der Waals surface area contributed by atoms with Crippen molar-refractivity contribution in [3.63, 3.8) is 0 Å². The van der Waals surface area contributed by atoms with Gasteiger partial charge in [-0.2, -0.15) is 5.10 Å². The second kappa shape index (κ2) is 8.92. The van der Waals surface area contributed by atoms with Gasteiger partial charge in [0.2, 0.25) is 0 Å². The van der Waals surface area contributed by atoms with Gasteiger partial charge in [-0.3, -0.25) is 4.68 Å². The second-order valence-corrected chi connectivity index (χ2v) is 4.82. The van der Waals surface area contributed by atoms with Gasteiger partial charge in [0, 0.05) is 24.8 Å². The summed E-state index contributed by atoms with van der Waals surface area (Å²) >= 11 is 0. The van der Waals surface area contributed by atoms with Crippen molar-refractivity contribution in [1.29, 1.82) is 0 Å². The summed E-state index contributed by atoms with van der Waals surface area (Å²) in [6.45, 7) is 11.1. The number of aromatic nitrogens is 2. The van der Waals surface area contributed by atoms with Gasteiger partial charge in [0.1, 0.15) is 0 Å². The van der Waals surface area contributed by atoms with Crippen LogP contribution in [0.1, 0.15) is 50.3 Å². The summed E-state index contributed by atoms with van der Waals surface area (Å²) in [6.07, 6.45) is 10.2. The molecule has 1 aromatic rings. The van der Waals surface area contributed by atoms with Crippen LogP contribution in [0.4, 0.5) is 0 Å². The van der Waals surface area contributed by atoms with Crippen molar-refractivity contribution in [3.05, 3.63) is 30.1 Å². The number of rotatable bonds is 10. The van der Waals surface area contributed by atoms with Crippen molar-refractivity contribution in [2.24, 2.45) is 0 Å². The van der Waals surface area contributed by atoms with Crippen LogP contribution >= 0.6 is 0 Å². The first-order chi connectivity index (χ1) is 8.77. The van der Waals surface area contributed by atoms with E-state index >= 15 is 0 Å². The molecule has 3 heteroatoms. The minimum atomic E-state index is 0.941. The summed E-state index contributed by atoms with van der Waals surface area (Å²) in [4.78, 5) is 0. The number of hydrogen-bond donors (Lipinski definition) is 1. The molecule has 0 aliphatic carbocycles. The molecular weight excluding hydrogens is 222 g/mol. The molecule has 0 saturated heterocycles. The molecule has 0 bridgehead atoms. The maximum absolute atomic E-state index is 4.56. The lowest BCUT2D eigenvalue weighted by molar-refractivity contribution is 0.543. The van der Waals surface area contributed by atoms with E-state index in [0.717, 1.165) is 31.7 Å². The van der Waals surface area contributed by atoms with Crippen molar-refractivity contribution >= 4 is 0 Å². The van der Waals surface area contributed by atoms with Crippen molar-refractivity contribution in [2.45, 2.75) is 59.0 Å². The quantitative estimate of drug-likeness (QED) is 0.508. The van der Waals surface area contributed by atoms with Crippen molar-refractivity contribution in [1.82, 2.24) is 15.1 Å². The zero-order chi connectivity index (χ0) is 13.2. The second-order valence-electron chi connectivity index (χ2n) is 4.82. The molecule has 1 aromatic heterocycles. The number of nitrogens with one attached hydrogen (secondary N) is 1. The van der Waals surface area contributed by atoms with Crippen LogP contribution in [0, 0.1) is 6.92 Å². The lowest BCUT2D eigenvalue weighted by Crippen LogP contribution is -2.13. The Morgan fingerprint density at radius 2 is 2.22 bits per heavy atom. The summed E-state index contributed by atoms with van der Waals surface area (Å²) in [7, 11) is 0. The van der Waals surface area contributed by atoms with E-state index in [1.54, 1.807) is 0 Å². The monoisotopic (exact) mass is 249 g/mol. The van der Waals surface area contributed by atoms with E-state index in [-0.39, 0.29) is 0 Å². The minimum absolute atomic E-state index is 0.941. The van der Waals surface area contributed by atoms with Crippen LogP contribution in [-0.2, 0) is 13.1 Å². The standard InChI is InChI=1S/C15H27N3/c1-4-6-7-8-9-11-18-13-15(14(3)17-18)12-16-10-5-2/h4,13,16H,1,5-12H2,2-3H3. The van der Waals surface area contributed by atoms with E-state index < -0.39 is 0 Å². The molecule has 0 saturated carbocycles. The van der Waals surface area contributed by atoms with Crippen LogP contribution in [0.2, 0.25) is 0 Å². The maximum Gasteiger partial charge on any atom is 0.0638 e. The lowest BCUT2D eigenvalue weighted by atomic mass is 10.2. The molecule has 1 heterocycles. The average Bonchev–Trinajstić information content (AvgIpc) is 2.70. The predicted octanol–water partition coefficient (Wildman–Crippen LogP) is 3.44. The molecule has 0 unspecified atom stereocenters. The third-order valence-corrected chi connectivity index (χ3v) is 3.09. The van der Waals surface area contributed by atoms with Crippen LogP contribution in [0.25, 0.3) is 0 Å². The molecule has 3 nitrogen and oxygen atoms in total. The molecule has 0 aliphatic heterocycles. The SMILES string of the molecule is C=CCCCCCn1cc(CNCCC)c(C)n1. The van der Waals surface area contributed by atoms with Gasteiger partial charge in [0.15, 0.2) is 0 Å². The third-order valence-electron chi connectivity index (χ3n) is 3.09. The lowest BCUT2D eigenvalue weighted by Gasteiger charge is -2.01. The summed E-state index contributed by atoms with van der Waals surface area (Å²) in [5.74, 6) is 0. The van der Waals surface area contributed by atoms with Crippen molar-refractivity contribution < 1.29 is 0 Å². The summed E-state index contributed by atoms with van der Waals surface area (Å²) in [6, 6.07) is 0. The van der Waals surface area contributed by atoms with Gasteiger partial charge in [-0.05, 0) is 39.2 Å². The van der Waals surface area contributed by atoms with E-state index in [2.05, 4.69) is 41.7 Å². The van der Waals surface area contributed by atoms with Crippen molar-refractivity contribution in [2.75, 3.05) is 6.54 Å². The summed E-state index contributed by atoms with van der Waals surface area (Å²) in [5.41, 5.74) is 2.49. The number of hydrogen-bond acceptors (Lipinski definition) is 2. The molecule has 102 valence electrons. The van der Waals surface area contributed by atoms with Crippen molar-refractivity contribution in [3.8, 4) is 0 Å². The summed E-state index contributed by atoms with van der Waals surface area (Å²) < 4.78 is 2.09. The fourth-order valence-electron chi connectivity index (χ4n) is 1.99. The summed E-state index contributed by atoms with van der Waals surface area (Å²) in [5, 5.41) is 7.99. The molecule has 0 radical (unpaired) electrons. The van der Waals surface area contributed by atoms with Crippen LogP contribution < -0.4 is 5.32 Å². The number of aryl methyl sites for hydroxylation is 2. The highest BCUT2D eigenvalue weighted by atomic mass is 15.3. The van der Waals surface area contributed by atoms with Gasteiger partial charge in [-0.1, -0.05) is 19.4 Å². The number of allylic oxidation sites excluding steroid dienone is 1. The normalized spacial score (nSPS) is 10.8. The maximum atomic E-state index is 4.56. The van der Waals surface area contributed by atoms with Gasteiger partial charge in [-0.15, -0.1) is 6.58 Å². The Labute approximate surface area is 111 Å². The first kappa shape index (κ1) is 15.0. The topological polar surface area (TPSA) is 29.9 Å². The minimum Gasteiger partial charge on any atom is -0.313 e. The Kier molecular flexibility index (Phi) is 7.42. The zero-order valence-corrected chi connectivity index (χ0v) is 11.9. The van der Waals surface area contributed by atoms with Crippen LogP contribution in [0.5, 0.6) is 0 Å². The molecule has 0 fully saturated rings. The van der Waals surface area contributed by atoms with E-state index in [4.69, 9.17) is 0 Å². The molecule has 0 aliphatic rings. The molecule has 0 aromatic carbocycles. The molecular formula is C15H27N3. The highest BCUT2D eigenvalue weighted by Gasteiger charge is 2.03. The fourth-order valence-corrected chi connectivity index (χ4v) is 1.99. The first-order valence-corrected chi connectivity index (χ1v) is 7.12. The molecule has 1 N–H and O–H groups in total. The average molecular weight is 249 g/mol. The molecule has 1 rings (SSSR count). The Bertz CT molecular complexity index is 342. The Hall–Kier alpha value is -1.09. The smallest absolute Gasteiger partial charge is 0.0638 e. The van der Waals surface area contributed by atoms with E-state index in [0.29, 0.717) is 0 Å². The van der Waals surface area contributed by atoms with E-state index in [9.17, 15) is 0 Å². The van der Waals surface area contributed by atoms with Gasteiger partial charge >= 0.3 is 0 Å². The predicted molar refractivity (Wildman–Crippen MR) is 77.6 cm³/mol. The molecule has 0 amide bonds. The molecule has 18 heavy (non-hydrogen) atoms. The zero-order valence-electron chi connectivity index (χ0n) is 11.9. The molecule has 0 atom stereocenters. The van der Waals surface area contributed by atoms with E-state index in [1.807, 2.05) is 6.08 Å². The van der Waals surface area contributed by atoms with E-state index in [1.165, 1.54) is 31.2 Å². The fraction of sp³-hybridized carbons (Fsp3) is 0.667. The number of unbranched alkanes of at least 4 members (excludes halogenated alkanes) is 3. The Morgan fingerprint density at radius 1 is 1.39 bits per heavy atom. The van der Waals surface area contributed by atoms with Crippen LogP contribution in [0.15, 0.2) is 18.9 Å². The number of nitrogens with zero attached hydrogens (tertiary/aromatic N) is 2. The van der Waals surface area contributed by atoms with Gasteiger partial charge < -0.3 is 5.32 Å². The highest BCUT2D eigenvalue weighted by molar-refractivity contribution is 5.14. The Balaban J connectivity index is 2.29.